The van der Waals surface area contributed by atoms with Gasteiger partial charge in [0.1, 0.15) is 11.2 Å². The molecule has 1 aromatic rings. The first-order chi connectivity index (χ1) is 18.4. The second kappa shape index (κ2) is 9.35. The molecule has 3 N–H and O–H groups in total. The third-order valence-corrected chi connectivity index (χ3v) is 12.6. The average molecular weight is 558 g/mol. The zero-order valence-corrected chi connectivity index (χ0v) is 25.2. The fourth-order valence-electron chi connectivity index (χ4n) is 10.2. The molecule has 7 rings (SSSR count). The number of aliphatic hydroxyl groups is 2. The minimum absolute atomic E-state index is 0.0746. The van der Waals surface area contributed by atoms with E-state index in [1.54, 1.807) is 18.3 Å². The number of likely N-dealkylation sites (tertiary alicyclic amines) is 1. The van der Waals surface area contributed by atoms with Gasteiger partial charge < -0.3 is 25.2 Å². The van der Waals surface area contributed by atoms with E-state index >= 15 is 0 Å². The number of nitrogens with one attached hydrogen (secondary N) is 1. The van der Waals surface area contributed by atoms with Crippen LogP contribution < -0.4 is 5.32 Å². The van der Waals surface area contributed by atoms with Crippen molar-refractivity contribution in [3.8, 4) is 0 Å². The van der Waals surface area contributed by atoms with E-state index in [0.717, 1.165) is 48.8 Å². The number of anilines is 1. The molecule has 39 heavy (non-hydrogen) atoms. The minimum atomic E-state index is -1.73. The highest BCUT2D eigenvalue weighted by Crippen LogP contribution is 2.75. The number of ether oxygens (including phenoxy) is 1. The van der Waals surface area contributed by atoms with Gasteiger partial charge in [0, 0.05) is 35.2 Å². The second-order valence-electron chi connectivity index (χ2n) is 14.0. The number of carbonyl (C=O) groups is 1. The number of aromatic nitrogens is 1. The van der Waals surface area contributed by atoms with E-state index in [-0.39, 0.29) is 34.9 Å². The molecule has 1 spiro atoms. The van der Waals surface area contributed by atoms with E-state index in [0.29, 0.717) is 6.61 Å². The molecule has 0 aromatic carbocycles. The van der Waals surface area contributed by atoms with Crippen molar-refractivity contribution < 1.29 is 19.7 Å². The zero-order chi connectivity index (χ0) is 28.0. The lowest BCUT2D eigenvalue weighted by atomic mass is 9.33. The van der Waals surface area contributed by atoms with Crippen LogP contribution in [0.5, 0.6) is 0 Å². The van der Waals surface area contributed by atoms with Gasteiger partial charge in [-0.3, -0.25) is 4.79 Å². The summed E-state index contributed by atoms with van der Waals surface area (Å²) in [5.74, 6) is -2.69. The molecular formula is C31H47N3O4S. The number of carbonyl (C=O) groups excluding carboxylic acids is 1. The summed E-state index contributed by atoms with van der Waals surface area (Å²) in [5.41, 5.74) is -0.189. The van der Waals surface area contributed by atoms with Crippen LogP contribution in [0.25, 0.3) is 0 Å². The molecule has 8 heteroatoms. The summed E-state index contributed by atoms with van der Waals surface area (Å²) >= 11 is 1.74. The lowest BCUT2D eigenvalue weighted by Gasteiger charge is -2.75. The number of ketones is 1. The summed E-state index contributed by atoms with van der Waals surface area (Å²) in [7, 11) is 0. The number of fused-ring (bicyclic) bond motifs is 2. The van der Waals surface area contributed by atoms with Crippen LogP contribution >= 0.6 is 11.3 Å². The maximum absolute atomic E-state index is 13.9. The number of Topliss-reactive ketones (excluding diaryl/α,β-unsaturated/α-hetero) is 1. The van der Waals surface area contributed by atoms with Gasteiger partial charge in [-0.1, -0.05) is 39.3 Å². The Morgan fingerprint density at radius 2 is 1.95 bits per heavy atom. The smallest absolute Gasteiger partial charge is 0.183 e. The normalized spacial score (nSPS) is 42.8. The van der Waals surface area contributed by atoms with E-state index < -0.39 is 22.7 Å². The Hall–Kier alpha value is -1.32. The van der Waals surface area contributed by atoms with Crippen molar-refractivity contribution in [1.29, 1.82) is 0 Å². The summed E-state index contributed by atoms with van der Waals surface area (Å²) in [5, 5.41) is 29.0. The van der Waals surface area contributed by atoms with Crippen molar-refractivity contribution >= 4 is 22.3 Å². The summed E-state index contributed by atoms with van der Waals surface area (Å²) in [4.78, 5) is 22.9. The maximum atomic E-state index is 13.9. The molecule has 5 fully saturated rings. The van der Waals surface area contributed by atoms with Gasteiger partial charge in [-0.25, -0.2) is 4.98 Å². The van der Waals surface area contributed by atoms with Gasteiger partial charge in [0.05, 0.1) is 18.4 Å². The fourth-order valence-corrected chi connectivity index (χ4v) is 11.6. The first-order valence-electron chi connectivity index (χ1n) is 15.1. The van der Waals surface area contributed by atoms with Crippen molar-refractivity contribution in [3.05, 3.63) is 22.7 Å². The van der Waals surface area contributed by atoms with Crippen molar-refractivity contribution in [2.24, 2.45) is 34.5 Å². The third-order valence-electron chi connectivity index (χ3n) is 11.5. The van der Waals surface area contributed by atoms with Crippen molar-refractivity contribution in [1.82, 2.24) is 9.88 Å². The zero-order valence-electron chi connectivity index (χ0n) is 24.4. The number of hydrogen-bond acceptors (Lipinski definition) is 8. The van der Waals surface area contributed by atoms with E-state index in [1.807, 2.05) is 13.8 Å². The second-order valence-corrected chi connectivity index (χ2v) is 15.1. The molecular weight excluding hydrogens is 510 g/mol. The molecule has 0 amide bonds. The first kappa shape index (κ1) is 27.8. The van der Waals surface area contributed by atoms with Gasteiger partial charge in [-0.2, -0.15) is 0 Å². The van der Waals surface area contributed by atoms with Crippen LogP contribution in [0.15, 0.2) is 12.2 Å². The van der Waals surface area contributed by atoms with Gasteiger partial charge in [0.25, 0.3) is 0 Å². The molecule has 0 radical (unpaired) electrons. The van der Waals surface area contributed by atoms with Gasteiger partial charge in [0.15, 0.2) is 10.9 Å². The van der Waals surface area contributed by atoms with Gasteiger partial charge >= 0.3 is 0 Å². The summed E-state index contributed by atoms with van der Waals surface area (Å²) in [6.45, 7) is 18.8. The highest BCUT2D eigenvalue weighted by Gasteiger charge is 2.83. The highest BCUT2D eigenvalue weighted by atomic mass is 32.1. The summed E-state index contributed by atoms with van der Waals surface area (Å²) in [6, 6.07) is 0. The highest BCUT2D eigenvalue weighted by molar-refractivity contribution is 7.15. The summed E-state index contributed by atoms with van der Waals surface area (Å²) in [6.07, 6.45) is 5.22. The third kappa shape index (κ3) is 3.60. The van der Waals surface area contributed by atoms with Crippen LogP contribution in [0.1, 0.15) is 77.3 Å². The van der Waals surface area contributed by atoms with Crippen LogP contribution in [0.2, 0.25) is 0 Å². The molecule has 216 valence electrons. The number of nitrogens with zero attached hydrogens (tertiary/aromatic N) is 2. The topological polar surface area (TPSA) is 94.9 Å². The minimum Gasteiger partial charge on any atom is -0.391 e. The van der Waals surface area contributed by atoms with Crippen molar-refractivity contribution in [2.75, 3.05) is 38.1 Å². The number of piperidine rings is 1. The summed E-state index contributed by atoms with van der Waals surface area (Å²) < 4.78 is 6.47. The number of rotatable bonds is 6. The Morgan fingerprint density at radius 3 is 2.62 bits per heavy atom. The van der Waals surface area contributed by atoms with Crippen LogP contribution in [0, 0.1) is 34.5 Å². The molecule has 2 bridgehead atoms. The number of aliphatic hydroxyl groups excluding tert-OH is 1. The number of hydrogen-bond donors (Lipinski definition) is 3. The lowest BCUT2D eigenvalue weighted by molar-refractivity contribution is -0.422. The Morgan fingerprint density at radius 1 is 1.23 bits per heavy atom. The molecule has 2 saturated carbocycles. The standard InChI is InChI=1S/C31H47N3O4S/c1-18(2)21-10-11-23-29-17-38-31(37,30(23,20(4)35)26(21)36)19(3)24(29)28(5,6)16-22-25(29)33-27(39-22)32-12-15-34-13-8-7-9-14-34/h19,21,23-24,26,36-37H,1,7-17H2,2-6H3,(H,32,33). The predicted octanol–water partition coefficient (Wildman–Crippen LogP) is 4.38. The predicted molar refractivity (Wildman–Crippen MR) is 154 cm³/mol. The van der Waals surface area contributed by atoms with Gasteiger partial charge in [-0.15, -0.1) is 11.3 Å². The van der Waals surface area contributed by atoms with Crippen molar-refractivity contribution in [3.63, 3.8) is 0 Å². The molecule has 6 aliphatic rings. The first-order valence-corrected chi connectivity index (χ1v) is 15.9. The lowest BCUT2D eigenvalue weighted by Crippen LogP contribution is -2.84. The Balaban J connectivity index is 1.44. The molecule has 8 atom stereocenters. The van der Waals surface area contributed by atoms with E-state index in [1.165, 1.54) is 37.2 Å². The average Bonchev–Trinajstić information content (AvgIpc) is 3.28. The van der Waals surface area contributed by atoms with Gasteiger partial charge in [-0.05, 0) is 76.3 Å². The Kier molecular flexibility index (Phi) is 6.67. The van der Waals surface area contributed by atoms with Crippen LogP contribution in [0.4, 0.5) is 5.13 Å². The molecule has 7 nitrogen and oxygen atoms in total. The molecule has 1 aromatic heterocycles. The number of thiazole rings is 1. The molecule has 8 unspecified atom stereocenters. The van der Waals surface area contributed by atoms with Crippen molar-refractivity contribution in [2.45, 2.75) is 90.4 Å². The van der Waals surface area contributed by atoms with E-state index in [4.69, 9.17) is 9.72 Å². The Labute approximate surface area is 237 Å². The van der Waals surface area contributed by atoms with Gasteiger partial charge in [0.2, 0.25) is 0 Å². The van der Waals surface area contributed by atoms with Crippen LogP contribution in [-0.4, -0.2) is 70.6 Å². The maximum Gasteiger partial charge on any atom is 0.183 e. The monoisotopic (exact) mass is 557 g/mol. The molecule has 3 saturated heterocycles. The largest absolute Gasteiger partial charge is 0.391 e. The van der Waals surface area contributed by atoms with Crippen LogP contribution in [-0.2, 0) is 21.4 Å². The molecule has 3 aliphatic heterocycles. The van der Waals surface area contributed by atoms with E-state index in [2.05, 4.69) is 30.6 Å². The van der Waals surface area contributed by atoms with E-state index in [9.17, 15) is 15.0 Å². The quantitative estimate of drug-likeness (QED) is 0.447. The van der Waals surface area contributed by atoms with Crippen LogP contribution in [0.3, 0.4) is 0 Å². The fraction of sp³-hybridized carbons (Fsp3) is 0.806. The Bertz CT molecular complexity index is 1160. The molecule has 4 heterocycles. The molecule has 3 aliphatic carbocycles. The SMILES string of the molecule is C=C(C)C1CCC2C34COC(O)(C(C)C3C(C)(C)Cc3sc(NCCN5CCCCC5)nc34)C2(C(C)=O)C1O.